The first-order chi connectivity index (χ1) is 10.2. The van der Waals surface area contributed by atoms with Crippen molar-refractivity contribution in [2.75, 3.05) is 0 Å². The molecule has 4 unspecified atom stereocenters. The average molecular weight is 277 g/mol. The zero-order valence-corrected chi connectivity index (χ0v) is 11.5. The smallest absolute Gasteiger partial charge is 0.231 e. The Kier molecular flexibility index (Phi) is 2.52. The molecular formula is C18H15NO2. The first kappa shape index (κ1) is 12.3. The molecule has 21 heavy (non-hydrogen) atoms. The number of benzene rings is 1. The third kappa shape index (κ3) is 1.60. The maximum Gasteiger partial charge on any atom is 0.231 e. The number of rotatable bonds is 0. The largest absolute Gasteiger partial charge is 0.296 e. The molecule has 2 amide bonds. The third-order valence-corrected chi connectivity index (χ3v) is 4.81. The molecule has 1 aromatic carbocycles. The molecule has 2 aliphatic carbocycles. The second kappa shape index (κ2) is 4.29. The molecule has 0 radical (unpaired) electrons. The van der Waals surface area contributed by atoms with Crippen LogP contribution in [-0.4, -0.2) is 11.8 Å². The fourth-order valence-electron chi connectivity index (χ4n) is 3.96. The molecule has 1 N–H and O–H groups in total. The van der Waals surface area contributed by atoms with Crippen LogP contribution in [0.2, 0.25) is 0 Å². The van der Waals surface area contributed by atoms with Crippen LogP contribution in [0.3, 0.4) is 0 Å². The molecule has 1 fully saturated rings. The van der Waals surface area contributed by atoms with Crippen LogP contribution < -0.4 is 5.32 Å². The standard InChI is InChI=1S/C18H15NO2/c1-10-6-2-3-9-13-11-7-4-5-8-12(11)14(10)16-15(13)17(20)19-18(16)21/h2-9,13-16H,1H2,(H,19,20,21)/b6-2-,9-3-. The van der Waals surface area contributed by atoms with Gasteiger partial charge in [-0.3, -0.25) is 14.9 Å². The Labute approximate surface area is 123 Å². The summed E-state index contributed by atoms with van der Waals surface area (Å²) >= 11 is 0. The molecule has 0 saturated carbocycles. The summed E-state index contributed by atoms with van der Waals surface area (Å²) < 4.78 is 0. The van der Waals surface area contributed by atoms with E-state index >= 15 is 0 Å². The normalized spacial score (nSPS) is 36.1. The lowest BCUT2D eigenvalue weighted by atomic mass is 9.63. The number of amides is 2. The molecule has 1 aromatic rings. The Morgan fingerprint density at radius 2 is 1.67 bits per heavy atom. The minimum atomic E-state index is -0.350. The van der Waals surface area contributed by atoms with Gasteiger partial charge in [-0.05, 0) is 16.7 Å². The van der Waals surface area contributed by atoms with Gasteiger partial charge in [-0.15, -0.1) is 0 Å². The van der Waals surface area contributed by atoms with Crippen molar-refractivity contribution in [1.82, 2.24) is 5.32 Å². The zero-order valence-electron chi connectivity index (χ0n) is 11.5. The fraction of sp³-hybridized carbons (Fsp3) is 0.222. The van der Waals surface area contributed by atoms with Gasteiger partial charge in [0.15, 0.2) is 0 Å². The first-order valence-electron chi connectivity index (χ1n) is 7.15. The van der Waals surface area contributed by atoms with Crippen molar-refractivity contribution in [2.24, 2.45) is 11.8 Å². The summed E-state index contributed by atoms with van der Waals surface area (Å²) in [5.74, 6) is -1.18. The summed E-state index contributed by atoms with van der Waals surface area (Å²) in [7, 11) is 0. The van der Waals surface area contributed by atoms with Gasteiger partial charge < -0.3 is 0 Å². The minimum absolute atomic E-state index is 0.0514. The van der Waals surface area contributed by atoms with E-state index in [2.05, 4.69) is 24.0 Å². The Balaban J connectivity index is 2.03. The van der Waals surface area contributed by atoms with E-state index in [0.717, 1.165) is 16.7 Å². The van der Waals surface area contributed by atoms with Gasteiger partial charge in [0, 0.05) is 11.8 Å². The predicted molar refractivity (Wildman–Crippen MR) is 79.5 cm³/mol. The molecule has 1 aliphatic heterocycles. The molecule has 1 heterocycles. The molecule has 1 saturated heterocycles. The summed E-state index contributed by atoms with van der Waals surface area (Å²) in [6.07, 6.45) is 7.86. The second-order valence-electron chi connectivity index (χ2n) is 5.86. The lowest BCUT2D eigenvalue weighted by molar-refractivity contribution is -0.126. The highest BCUT2D eigenvalue weighted by molar-refractivity contribution is 6.07. The van der Waals surface area contributed by atoms with Gasteiger partial charge in [-0.1, -0.05) is 55.1 Å². The lowest BCUT2D eigenvalue weighted by Crippen LogP contribution is -2.35. The molecule has 3 aliphatic rings. The minimum Gasteiger partial charge on any atom is -0.296 e. The zero-order chi connectivity index (χ0) is 14.6. The van der Waals surface area contributed by atoms with Gasteiger partial charge >= 0.3 is 0 Å². The van der Waals surface area contributed by atoms with Crippen molar-refractivity contribution >= 4 is 11.8 Å². The van der Waals surface area contributed by atoms with E-state index in [9.17, 15) is 9.59 Å². The number of allylic oxidation sites excluding steroid dienone is 5. The van der Waals surface area contributed by atoms with Crippen molar-refractivity contribution in [3.05, 3.63) is 71.8 Å². The number of nitrogens with one attached hydrogen (secondary N) is 1. The fourth-order valence-corrected chi connectivity index (χ4v) is 3.96. The van der Waals surface area contributed by atoms with E-state index < -0.39 is 0 Å². The molecule has 2 bridgehead atoms. The molecule has 104 valence electrons. The molecule has 0 spiro atoms. The maximum atomic E-state index is 12.3. The Hall–Kier alpha value is -2.42. The van der Waals surface area contributed by atoms with Crippen LogP contribution in [0.5, 0.6) is 0 Å². The first-order valence-corrected chi connectivity index (χ1v) is 7.15. The van der Waals surface area contributed by atoms with E-state index in [1.807, 2.05) is 36.4 Å². The number of carbonyl (C=O) groups excluding carboxylic acids is 2. The van der Waals surface area contributed by atoms with Crippen LogP contribution in [-0.2, 0) is 9.59 Å². The molecular weight excluding hydrogens is 262 g/mol. The van der Waals surface area contributed by atoms with Gasteiger partial charge in [0.05, 0.1) is 11.8 Å². The second-order valence-corrected chi connectivity index (χ2v) is 5.86. The summed E-state index contributed by atoms with van der Waals surface area (Å²) in [4.78, 5) is 24.6. The molecule has 0 aromatic heterocycles. The maximum absolute atomic E-state index is 12.3. The number of carbonyl (C=O) groups is 2. The topological polar surface area (TPSA) is 46.2 Å². The van der Waals surface area contributed by atoms with Crippen molar-refractivity contribution in [2.45, 2.75) is 11.8 Å². The van der Waals surface area contributed by atoms with Gasteiger partial charge in [0.1, 0.15) is 0 Å². The highest BCUT2D eigenvalue weighted by atomic mass is 16.2. The van der Waals surface area contributed by atoms with Crippen molar-refractivity contribution < 1.29 is 9.59 Å². The number of hydrogen-bond donors (Lipinski definition) is 1. The van der Waals surface area contributed by atoms with E-state index in [0.29, 0.717) is 0 Å². The average Bonchev–Trinajstić information content (AvgIpc) is 2.82. The summed E-state index contributed by atoms with van der Waals surface area (Å²) in [6, 6.07) is 8.08. The van der Waals surface area contributed by atoms with E-state index in [4.69, 9.17) is 0 Å². The van der Waals surface area contributed by atoms with Gasteiger partial charge in [0.2, 0.25) is 11.8 Å². The molecule has 4 atom stereocenters. The number of fused-ring (bicyclic) bond motifs is 3. The van der Waals surface area contributed by atoms with Crippen LogP contribution in [0.4, 0.5) is 0 Å². The summed E-state index contributed by atoms with van der Waals surface area (Å²) in [5, 5.41) is 2.51. The van der Waals surface area contributed by atoms with Crippen LogP contribution >= 0.6 is 0 Å². The van der Waals surface area contributed by atoms with Gasteiger partial charge in [-0.25, -0.2) is 0 Å². The monoisotopic (exact) mass is 277 g/mol. The molecule has 3 nitrogen and oxygen atoms in total. The van der Waals surface area contributed by atoms with E-state index in [1.54, 1.807) is 0 Å². The quantitative estimate of drug-likeness (QED) is 0.740. The number of hydrogen-bond acceptors (Lipinski definition) is 2. The van der Waals surface area contributed by atoms with E-state index in [-0.39, 0.29) is 35.5 Å². The molecule has 4 rings (SSSR count). The van der Waals surface area contributed by atoms with Crippen LogP contribution in [0.15, 0.2) is 60.7 Å². The summed E-state index contributed by atoms with van der Waals surface area (Å²) in [6.45, 7) is 4.14. The highest BCUT2D eigenvalue weighted by Gasteiger charge is 2.53. The lowest BCUT2D eigenvalue weighted by Gasteiger charge is -2.37. The Bertz CT molecular complexity index is 728. The van der Waals surface area contributed by atoms with Gasteiger partial charge in [0.25, 0.3) is 0 Å². The van der Waals surface area contributed by atoms with E-state index in [1.165, 1.54) is 0 Å². The Morgan fingerprint density at radius 3 is 2.48 bits per heavy atom. The molecule has 3 heteroatoms. The highest BCUT2D eigenvalue weighted by Crippen LogP contribution is 2.52. The van der Waals surface area contributed by atoms with Crippen LogP contribution in [0.25, 0.3) is 0 Å². The van der Waals surface area contributed by atoms with Crippen molar-refractivity contribution in [1.29, 1.82) is 0 Å². The number of imide groups is 1. The third-order valence-electron chi connectivity index (χ3n) is 4.81. The van der Waals surface area contributed by atoms with Crippen molar-refractivity contribution in [3.8, 4) is 0 Å². The van der Waals surface area contributed by atoms with Gasteiger partial charge in [-0.2, -0.15) is 0 Å². The predicted octanol–water partition coefficient (Wildman–Crippen LogP) is 2.44. The Morgan fingerprint density at radius 1 is 0.952 bits per heavy atom. The van der Waals surface area contributed by atoms with Crippen molar-refractivity contribution in [3.63, 3.8) is 0 Å². The SMILES string of the molecule is C=C1/C=C\C=C/C2c3ccccc3C1C1C(=O)NC(=O)C21. The van der Waals surface area contributed by atoms with Crippen LogP contribution in [0.1, 0.15) is 23.0 Å². The van der Waals surface area contributed by atoms with Crippen LogP contribution in [0, 0.1) is 11.8 Å². The summed E-state index contributed by atoms with van der Waals surface area (Å²) in [5.41, 5.74) is 3.14.